The Morgan fingerprint density at radius 2 is 1.84 bits per heavy atom. The summed E-state index contributed by atoms with van der Waals surface area (Å²) in [6, 6.07) is 17.3. The molecule has 0 unspecified atom stereocenters. The maximum Gasteiger partial charge on any atom is 0.327 e. The Bertz CT molecular complexity index is 1010. The predicted octanol–water partition coefficient (Wildman–Crippen LogP) is 6.93. The molecule has 2 nitrogen and oxygen atoms in total. The molecule has 0 N–H and O–H groups in total. The van der Waals surface area contributed by atoms with Crippen molar-refractivity contribution in [3.63, 3.8) is 0 Å². The standard InChI is InChI=1S/C29H38BNO/c1-8-9-10-15-23(3)27(26-18-12-11-14-22(26)2)31-20-24-16-13-17-25(19-24)30-21-28(4,5)29(6,7)32-30/h9-19H,8,20-21H2,1-7H3/b10-9-,23-15+,31-27?. The molecule has 2 aromatic carbocycles. The molecule has 168 valence electrons. The van der Waals surface area contributed by atoms with Gasteiger partial charge >= 0.3 is 6.92 Å². The Hall–Kier alpha value is -2.39. The lowest BCUT2D eigenvalue weighted by molar-refractivity contribution is 0.0375. The predicted molar refractivity (Wildman–Crippen MR) is 140 cm³/mol. The largest absolute Gasteiger partial charge is 0.426 e. The fourth-order valence-electron chi connectivity index (χ4n) is 4.20. The van der Waals surface area contributed by atoms with E-state index in [9.17, 15) is 0 Å². The van der Waals surface area contributed by atoms with Crippen LogP contribution in [-0.2, 0) is 11.2 Å². The zero-order valence-corrected chi connectivity index (χ0v) is 20.9. The molecule has 3 heteroatoms. The summed E-state index contributed by atoms with van der Waals surface area (Å²) < 4.78 is 6.46. The maximum absolute atomic E-state index is 6.46. The number of aliphatic imine (C=N–C) groups is 1. The van der Waals surface area contributed by atoms with E-state index in [0.29, 0.717) is 6.54 Å². The molecule has 3 rings (SSSR count). The molecule has 0 radical (unpaired) electrons. The van der Waals surface area contributed by atoms with E-state index in [0.717, 1.165) is 18.5 Å². The summed E-state index contributed by atoms with van der Waals surface area (Å²) >= 11 is 0. The molecule has 1 aliphatic heterocycles. The SMILES string of the molecule is CC/C=C\C=C(/C)C(=NCc1cccc(B2CC(C)(C)C(C)(C)O2)c1)c1ccccc1C. The van der Waals surface area contributed by atoms with Crippen molar-refractivity contribution in [1.82, 2.24) is 0 Å². The molecule has 32 heavy (non-hydrogen) atoms. The van der Waals surface area contributed by atoms with Crippen LogP contribution in [0.5, 0.6) is 0 Å². The number of nitrogens with zero attached hydrogens (tertiary/aromatic N) is 1. The number of hydrogen-bond donors (Lipinski definition) is 0. The monoisotopic (exact) mass is 427 g/mol. The maximum atomic E-state index is 6.46. The number of rotatable bonds is 7. The lowest BCUT2D eigenvalue weighted by Gasteiger charge is -2.34. The van der Waals surface area contributed by atoms with Crippen LogP contribution in [0, 0.1) is 12.3 Å². The first-order valence-corrected chi connectivity index (χ1v) is 11.9. The molecule has 0 spiro atoms. The van der Waals surface area contributed by atoms with Crippen LogP contribution < -0.4 is 5.46 Å². The first-order chi connectivity index (χ1) is 15.1. The van der Waals surface area contributed by atoms with Gasteiger partial charge in [0, 0.05) is 5.56 Å². The summed E-state index contributed by atoms with van der Waals surface area (Å²) in [5.74, 6) is 0. The topological polar surface area (TPSA) is 21.6 Å². The first kappa shape index (κ1) is 24.3. The van der Waals surface area contributed by atoms with Gasteiger partial charge in [0.25, 0.3) is 0 Å². The Labute approximate surface area is 195 Å². The smallest absolute Gasteiger partial charge is 0.327 e. The number of aryl methyl sites for hydroxylation is 1. The zero-order valence-electron chi connectivity index (χ0n) is 20.9. The minimum atomic E-state index is -0.127. The molecule has 1 saturated heterocycles. The van der Waals surface area contributed by atoms with Crippen molar-refractivity contribution in [1.29, 1.82) is 0 Å². The second-order valence-corrected chi connectivity index (χ2v) is 10.1. The van der Waals surface area contributed by atoms with Crippen molar-refractivity contribution in [2.75, 3.05) is 0 Å². The summed E-state index contributed by atoms with van der Waals surface area (Å²) in [6.07, 6.45) is 8.54. The van der Waals surface area contributed by atoms with Crippen molar-refractivity contribution in [3.8, 4) is 0 Å². The van der Waals surface area contributed by atoms with E-state index in [4.69, 9.17) is 9.65 Å². The normalized spacial score (nSPS) is 18.5. The van der Waals surface area contributed by atoms with E-state index >= 15 is 0 Å². The molecular weight excluding hydrogens is 389 g/mol. The van der Waals surface area contributed by atoms with Crippen LogP contribution in [0.15, 0.2) is 77.3 Å². The molecule has 2 aromatic rings. The number of allylic oxidation sites excluding steroid dienone is 4. The Morgan fingerprint density at radius 1 is 1.09 bits per heavy atom. The van der Waals surface area contributed by atoms with Gasteiger partial charge < -0.3 is 4.65 Å². The van der Waals surface area contributed by atoms with Gasteiger partial charge in [-0.3, -0.25) is 4.99 Å². The van der Waals surface area contributed by atoms with Gasteiger partial charge in [-0.1, -0.05) is 87.5 Å². The van der Waals surface area contributed by atoms with Crippen molar-refractivity contribution >= 4 is 18.1 Å². The van der Waals surface area contributed by atoms with Gasteiger partial charge in [0.05, 0.1) is 17.9 Å². The van der Waals surface area contributed by atoms with Gasteiger partial charge in [-0.15, -0.1) is 0 Å². The van der Waals surface area contributed by atoms with E-state index in [2.05, 4.69) is 115 Å². The second-order valence-electron chi connectivity index (χ2n) is 10.1. The lowest BCUT2D eigenvalue weighted by Crippen LogP contribution is -2.36. The van der Waals surface area contributed by atoms with Crippen LogP contribution in [0.3, 0.4) is 0 Å². The van der Waals surface area contributed by atoms with E-state index in [1.165, 1.54) is 27.7 Å². The van der Waals surface area contributed by atoms with Gasteiger partial charge in [0.2, 0.25) is 0 Å². The van der Waals surface area contributed by atoms with E-state index in [1.54, 1.807) is 0 Å². The summed E-state index contributed by atoms with van der Waals surface area (Å²) in [5, 5.41) is 0. The van der Waals surface area contributed by atoms with Gasteiger partial charge in [-0.2, -0.15) is 0 Å². The molecule has 1 heterocycles. The average molecular weight is 427 g/mol. The third-order valence-electron chi connectivity index (χ3n) is 7.00. The highest BCUT2D eigenvalue weighted by Crippen LogP contribution is 2.45. The molecule has 0 amide bonds. The lowest BCUT2D eigenvalue weighted by atomic mass is 9.54. The van der Waals surface area contributed by atoms with Gasteiger partial charge in [-0.05, 0) is 68.0 Å². The van der Waals surface area contributed by atoms with Crippen LogP contribution in [0.4, 0.5) is 0 Å². The average Bonchev–Trinajstić information content (AvgIpc) is 2.97. The van der Waals surface area contributed by atoms with Gasteiger partial charge in [-0.25, -0.2) is 0 Å². The minimum Gasteiger partial charge on any atom is -0.426 e. The van der Waals surface area contributed by atoms with Crippen LogP contribution in [0.1, 0.15) is 64.7 Å². The Balaban J connectivity index is 1.89. The van der Waals surface area contributed by atoms with Crippen molar-refractivity contribution in [2.45, 2.75) is 73.4 Å². The second kappa shape index (κ2) is 10.0. The fraction of sp³-hybridized carbons (Fsp3) is 0.414. The first-order valence-electron chi connectivity index (χ1n) is 11.9. The number of hydrogen-bond acceptors (Lipinski definition) is 2. The molecule has 0 bridgehead atoms. The van der Waals surface area contributed by atoms with Crippen LogP contribution >= 0.6 is 0 Å². The van der Waals surface area contributed by atoms with Gasteiger partial charge in [0.1, 0.15) is 0 Å². The van der Waals surface area contributed by atoms with Crippen molar-refractivity contribution in [3.05, 3.63) is 89.0 Å². The Kier molecular flexibility index (Phi) is 7.61. The third-order valence-corrected chi connectivity index (χ3v) is 7.00. The third kappa shape index (κ3) is 5.50. The van der Waals surface area contributed by atoms with Crippen molar-refractivity contribution in [2.24, 2.45) is 10.4 Å². The number of benzene rings is 2. The fourth-order valence-corrected chi connectivity index (χ4v) is 4.20. The van der Waals surface area contributed by atoms with E-state index < -0.39 is 0 Å². The highest BCUT2D eigenvalue weighted by molar-refractivity contribution is 6.68. The zero-order chi connectivity index (χ0) is 23.4. The molecule has 0 atom stereocenters. The minimum absolute atomic E-state index is 0.127. The highest BCUT2D eigenvalue weighted by Gasteiger charge is 2.49. The molecule has 0 saturated carbocycles. The van der Waals surface area contributed by atoms with Crippen LogP contribution in [0.2, 0.25) is 6.32 Å². The summed E-state index contributed by atoms with van der Waals surface area (Å²) in [5.41, 5.74) is 7.19. The summed E-state index contributed by atoms with van der Waals surface area (Å²) in [7, 11) is 0. The molecule has 0 aliphatic carbocycles. The molecule has 1 aliphatic rings. The quantitative estimate of drug-likeness (QED) is 0.267. The molecular formula is C29H38BNO. The Morgan fingerprint density at radius 3 is 2.50 bits per heavy atom. The molecule has 1 fully saturated rings. The van der Waals surface area contributed by atoms with Gasteiger partial charge in [0.15, 0.2) is 0 Å². The van der Waals surface area contributed by atoms with E-state index in [1.807, 2.05) is 0 Å². The molecule has 0 aromatic heterocycles. The van der Waals surface area contributed by atoms with E-state index in [-0.39, 0.29) is 17.9 Å². The van der Waals surface area contributed by atoms with Crippen molar-refractivity contribution < 1.29 is 4.65 Å². The highest BCUT2D eigenvalue weighted by atomic mass is 16.5. The van der Waals surface area contributed by atoms with Crippen LogP contribution in [-0.4, -0.2) is 18.2 Å². The van der Waals surface area contributed by atoms with Crippen LogP contribution in [0.25, 0.3) is 0 Å². The summed E-state index contributed by atoms with van der Waals surface area (Å²) in [6.45, 7) is 16.3. The summed E-state index contributed by atoms with van der Waals surface area (Å²) in [4.78, 5) is 5.10.